The van der Waals surface area contributed by atoms with Crippen molar-refractivity contribution in [1.82, 2.24) is 5.32 Å². The van der Waals surface area contributed by atoms with Crippen LogP contribution in [0.3, 0.4) is 0 Å². The first-order valence-corrected chi connectivity index (χ1v) is 7.64. The molecule has 2 atom stereocenters. The number of methoxy groups -OCH3 is 1. The maximum atomic E-state index is 6.00. The van der Waals surface area contributed by atoms with Crippen molar-refractivity contribution in [3.63, 3.8) is 0 Å². The number of benzene rings is 1. The molecule has 1 aromatic rings. The Hall–Kier alpha value is -1.06. The van der Waals surface area contributed by atoms with E-state index in [0.29, 0.717) is 6.54 Å². The summed E-state index contributed by atoms with van der Waals surface area (Å²) in [6.07, 6.45) is 3.76. The molecule has 0 amide bonds. The third-order valence-electron chi connectivity index (χ3n) is 4.48. The molecule has 3 heteroatoms. The van der Waals surface area contributed by atoms with E-state index in [1.165, 1.54) is 18.4 Å². The highest BCUT2D eigenvalue weighted by Crippen LogP contribution is 2.36. The van der Waals surface area contributed by atoms with Crippen LogP contribution in [0.15, 0.2) is 24.3 Å². The molecule has 0 aromatic heterocycles. The van der Waals surface area contributed by atoms with Crippen LogP contribution in [-0.4, -0.2) is 25.7 Å². The Morgan fingerprint density at radius 2 is 2.00 bits per heavy atom. The van der Waals surface area contributed by atoms with Gasteiger partial charge in [0.2, 0.25) is 0 Å². The second kappa shape index (κ2) is 6.59. The zero-order valence-corrected chi connectivity index (χ0v) is 13.0. The molecule has 112 valence electrons. The molecule has 1 aliphatic rings. The fourth-order valence-electron chi connectivity index (χ4n) is 2.64. The molecule has 20 heavy (non-hydrogen) atoms. The minimum atomic E-state index is -0.0300. The molecule has 1 fully saturated rings. The number of rotatable bonds is 8. The Morgan fingerprint density at radius 1 is 1.35 bits per heavy atom. The van der Waals surface area contributed by atoms with E-state index in [9.17, 15) is 0 Å². The summed E-state index contributed by atoms with van der Waals surface area (Å²) >= 11 is 0. The number of hydrogen-bond acceptors (Lipinski definition) is 3. The summed E-state index contributed by atoms with van der Waals surface area (Å²) in [6.45, 7) is 6.27. The third kappa shape index (κ3) is 4.22. The van der Waals surface area contributed by atoms with Crippen molar-refractivity contribution in [2.45, 2.75) is 38.6 Å². The maximum Gasteiger partial charge on any atom is 0.118 e. The van der Waals surface area contributed by atoms with Crippen LogP contribution in [-0.2, 0) is 6.42 Å². The molecule has 0 aliphatic heterocycles. The summed E-state index contributed by atoms with van der Waals surface area (Å²) in [5, 5.41) is 3.69. The molecule has 2 rings (SSSR count). The summed E-state index contributed by atoms with van der Waals surface area (Å²) in [4.78, 5) is 0. The molecule has 1 aromatic carbocycles. The summed E-state index contributed by atoms with van der Waals surface area (Å²) in [7, 11) is 1.69. The lowest BCUT2D eigenvalue weighted by Crippen LogP contribution is -2.51. The van der Waals surface area contributed by atoms with Gasteiger partial charge in [0.15, 0.2) is 0 Å². The highest BCUT2D eigenvalue weighted by Gasteiger charge is 2.30. The van der Waals surface area contributed by atoms with Crippen LogP contribution in [0.4, 0.5) is 0 Å². The molecular weight excluding hydrogens is 248 g/mol. The van der Waals surface area contributed by atoms with Crippen molar-refractivity contribution >= 4 is 0 Å². The fourth-order valence-corrected chi connectivity index (χ4v) is 2.64. The molecule has 1 aliphatic carbocycles. The third-order valence-corrected chi connectivity index (χ3v) is 4.48. The lowest BCUT2D eigenvalue weighted by molar-refractivity contribution is 0.322. The van der Waals surface area contributed by atoms with Crippen LogP contribution >= 0.6 is 0 Å². The first-order valence-electron chi connectivity index (χ1n) is 7.64. The van der Waals surface area contributed by atoms with E-state index < -0.39 is 0 Å². The predicted octanol–water partition coefficient (Wildman–Crippen LogP) is 2.59. The summed E-state index contributed by atoms with van der Waals surface area (Å²) < 4.78 is 5.20. The average Bonchev–Trinajstić information content (AvgIpc) is 3.30. The molecule has 3 N–H and O–H groups in total. The van der Waals surface area contributed by atoms with Crippen LogP contribution in [0, 0.1) is 11.8 Å². The largest absolute Gasteiger partial charge is 0.497 e. The minimum Gasteiger partial charge on any atom is -0.497 e. The van der Waals surface area contributed by atoms with Gasteiger partial charge in [-0.05, 0) is 62.3 Å². The number of nitrogens with two attached hydrogens (primary N) is 1. The van der Waals surface area contributed by atoms with Gasteiger partial charge in [-0.1, -0.05) is 19.1 Å². The zero-order valence-electron chi connectivity index (χ0n) is 13.0. The number of nitrogens with one attached hydrogen (secondary N) is 1. The summed E-state index contributed by atoms with van der Waals surface area (Å²) in [5.41, 5.74) is 7.27. The van der Waals surface area contributed by atoms with Crippen LogP contribution in [0.5, 0.6) is 5.75 Å². The first kappa shape index (κ1) is 15.3. The summed E-state index contributed by atoms with van der Waals surface area (Å²) in [5.74, 6) is 2.60. The summed E-state index contributed by atoms with van der Waals surface area (Å²) in [6, 6.07) is 8.27. The van der Waals surface area contributed by atoms with E-state index in [1.807, 2.05) is 12.1 Å². The molecule has 0 spiro atoms. The van der Waals surface area contributed by atoms with Crippen molar-refractivity contribution in [3.05, 3.63) is 29.8 Å². The predicted molar refractivity (Wildman–Crippen MR) is 84.0 cm³/mol. The van der Waals surface area contributed by atoms with Gasteiger partial charge in [-0.15, -0.1) is 0 Å². The molecule has 3 nitrogen and oxygen atoms in total. The van der Waals surface area contributed by atoms with E-state index >= 15 is 0 Å². The normalized spacial score (nSPS) is 19.4. The Bertz CT molecular complexity index is 414. The van der Waals surface area contributed by atoms with E-state index in [4.69, 9.17) is 10.5 Å². The molecule has 0 bridgehead atoms. The SMILES string of the molecule is COc1ccc(CC(C)(CN)NCC(C)C2CC2)cc1. The van der Waals surface area contributed by atoms with Crippen LogP contribution < -0.4 is 15.8 Å². The van der Waals surface area contributed by atoms with Gasteiger partial charge in [0.05, 0.1) is 7.11 Å². The van der Waals surface area contributed by atoms with Crippen molar-refractivity contribution in [2.75, 3.05) is 20.2 Å². The van der Waals surface area contributed by atoms with E-state index in [2.05, 4.69) is 31.3 Å². The molecule has 0 radical (unpaired) electrons. The molecular formula is C17H28N2O. The lowest BCUT2D eigenvalue weighted by Gasteiger charge is -2.31. The van der Waals surface area contributed by atoms with Crippen molar-refractivity contribution in [2.24, 2.45) is 17.6 Å². The average molecular weight is 276 g/mol. The van der Waals surface area contributed by atoms with Gasteiger partial charge in [-0.2, -0.15) is 0 Å². The Balaban J connectivity index is 1.90. The zero-order chi connectivity index (χ0) is 14.6. The monoisotopic (exact) mass is 276 g/mol. The van der Waals surface area contributed by atoms with Gasteiger partial charge in [-0.3, -0.25) is 0 Å². The van der Waals surface area contributed by atoms with Crippen LogP contribution in [0.1, 0.15) is 32.3 Å². The second-order valence-corrected chi connectivity index (χ2v) is 6.49. The van der Waals surface area contributed by atoms with Gasteiger partial charge in [0.1, 0.15) is 5.75 Å². The smallest absolute Gasteiger partial charge is 0.118 e. The number of hydrogen-bond donors (Lipinski definition) is 2. The fraction of sp³-hybridized carbons (Fsp3) is 0.647. The number of ether oxygens (including phenoxy) is 1. The highest BCUT2D eigenvalue weighted by atomic mass is 16.5. The topological polar surface area (TPSA) is 47.3 Å². The van der Waals surface area contributed by atoms with E-state index in [-0.39, 0.29) is 5.54 Å². The highest BCUT2D eigenvalue weighted by molar-refractivity contribution is 5.28. The van der Waals surface area contributed by atoms with Gasteiger partial charge in [0.25, 0.3) is 0 Å². The quantitative estimate of drug-likeness (QED) is 0.767. The molecule has 2 unspecified atom stereocenters. The molecule has 1 saturated carbocycles. The molecule has 0 heterocycles. The van der Waals surface area contributed by atoms with Gasteiger partial charge >= 0.3 is 0 Å². The van der Waals surface area contributed by atoms with Gasteiger partial charge in [-0.25, -0.2) is 0 Å². The van der Waals surface area contributed by atoms with E-state index in [1.54, 1.807) is 7.11 Å². The van der Waals surface area contributed by atoms with Gasteiger partial charge in [0, 0.05) is 12.1 Å². The Morgan fingerprint density at radius 3 is 2.50 bits per heavy atom. The van der Waals surface area contributed by atoms with Crippen LogP contribution in [0.25, 0.3) is 0 Å². The van der Waals surface area contributed by atoms with Crippen molar-refractivity contribution in [3.8, 4) is 5.75 Å². The standard InChI is InChI=1S/C17H28N2O/c1-13(15-6-7-15)11-19-17(2,12-18)10-14-4-8-16(20-3)9-5-14/h4-5,8-9,13,15,19H,6-7,10-12,18H2,1-3H3. The van der Waals surface area contributed by atoms with E-state index in [0.717, 1.165) is 30.6 Å². The van der Waals surface area contributed by atoms with Gasteiger partial charge < -0.3 is 15.8 Å². The Labute approximate surface area is 122 Å². The maximum absolute atomic E-state index is 6.00. The molecule has 0 saturated heterocycles. The van der Waals surface area contributed by atoms with Crippen molar-refractivity contribution in [1.29, 1.82) is 0 Å². The first-order chi connectivity index (χ1) is 9.56. The second-order valence-electron chi connectivity index (χ2n) is 6.49. The van der Waals surface area contributed by atoms with Crippen LogP contribution in [0.2, 0.25) is 0 Å². The minimum absolute atomic E-state index is 0.0300. The van der Waals surface area contributed by atoms with Crippen molar-refractivity contribution < 1.29 is 4.74 Å². The lowest BCUT2D eigenvalue weighted by atomic mass is 9.91. The Kier molecular flexibility index (Phi) is 5.06.